The number of amides is 1. The molecule has 0 fully saturated rings. The smallest absolute Gasteiger partial charge is 0.264 e. The number of nitrogens with one attached hydrogen (secondary N) is 1. The summed E-state index contributed by atoms with van der Waals surface area (Å²) in [4.78, 5) is 12.3. The molecule has 1 unspecified atom stereocenters. The second-order valence-electron chi connectivity index (χ2n) is 6.01. The minimum absolute atomic E-state index is 0.0917. The lowest BCUT2D eigenvalue weighted by Gasteiger charge is -2.17. The fourth-order valence-corrected chi connectivity index (χ4v) is 2.95. The molecule has 1 aliphatic rings. The number of hydrogen-bond donors (Lipinski definition) is 1. The van der Waals surface area contributed by atoms with E-state index in [1.54, 1.807) is 4.68 Å². The average molecular weight is 307 g/mol. The van der Waals surface area contributed by atoms with E-state index in [0.29, 0.717) is 11.5 Å². The van der Waals surface area contributed by atoms with Crippen molar-refractivity contribution >= 4 is 5.91 Å². The molecule has 3 nitrogen and oxygen atoms in total. The molecule has 3 heteroatoms. The van der Waals surface area contributed by atoms with Gasteiger partial charge in [-0.2, -0.15) is 0 Å². The Morgan fingerprint density at radius 1 is 1.13 bits per heavy atom. The molecular weight excluding hydrogens is 284 g/mol. The highest BCUT2D eigenvalue weighted by Gasteiger charge is 2.15. The molecule has 0 radical (unpaired) electrons. The molecule has 1 aliphatic carbocycles. The maximum absolute atomic E-state index is 12.3. The van der Waals surface area contributed by atoms with Gasteiger partial charge >= 0.3 is 5.91 Å². The van der Waals surface area contributed by atoms with Crippen molar-refractivity contribution in [1.82, 2.24) is 0 Å². The Hall–Kier alpha value is -2.42. The first-order valence-electron chi connectivity index (χ1n) is 8.33. The van der Waals surface area contributed by atoms with E-state index >= 15 is 0 Å². The topological polar surface area (TPSA) is 33.0 Å². The van der Waals surface area contributed by atoms with Gasteiger partial charge in [0, 0.05) is 17.7 Å². The number of hydrogen-bond acceptors (Lipinski definition) is 1. The highest BCUT2D eigenvalue weighted by molar-refractivity contribution is 5.98. The number of rotatable bonds is 4. The van der Waals surface area contributed by atoms with E-state index in [-0.39, 0.29) is 5.91 Å². The summed E-state index contributed by atoms with van der Waals surface area (Å²) < 4.78 is 1.72. The van der Waals surface area contributed by atoms with E-state index in [1.807, 2.05) is 36.7 Å². The van der Waals surface area contributed by atoms with E-state index in [4.69, 9.17) is 0 Å². The van der Waals surface area contributed by atoms with Gasteiger partial charge in [0.05, 0.1) is 0 Å². The molecule has 1 aromatic carbocycles. The lowest BCUT2D eigenvalue weighted by Crippen LogP contribution is -2.47. The number of allylic oxidation sites excluding steroid dienone is 2. The van der Waals surface area contributed by atoms with Crippen LogP contribution in [-0.4, -0.2) is 5.91 Å². The number of aromatic nitrogens is 1. The Morgan fingerprint density at radius 3 is 2.48 bits per heavy atom. The van der Waals surface area contributed by atoms with Crippen molar-refractivity contribution in [2.45, 2.75) is 38.5 Å². The molecule has 3 rings (SSSR count). The lowest BCUT2D eigenvalue weighted by atomic mass is 9.88. The van der Waals surface area contributed by atoms with Crippen molar-refractivity contribution < 1.29 is 9.47 Å². The first kappa shape index (κ1) is 15.5. The summed E-state index contributed by atoms with van der Waals surface area (Å²) in [6.07, 6.45) is 12.8. The molecule has 1 heterocycles. The molecule has 118 valence electrons. The van der Waals surface area contributed by atoms with Crippen molar-refractivity contribution in [3.05, 3.63) is 77.6 Å². The van der Waals surface area contributed by atoms with Gasteiger partial charge < -0.3 is 0 Å². The zero-order valence-electron chi connectivity index (χ0n) is 13.5. The number of carbonyl (C=O) groups excluding carboxylic acids is 1. The van der Waals surface area contributed by atoms with E-state index < -0.39 is 0 Å². The Bertz CT molecular complexity index is 687. The number of pyridine rings is 1. The summed E-state index contributed by atoms with van der Waals surface area (Å²) in [6, 6.07) is 11.9. The second kappa shape index (κ2) is 7.23. The molecule has 1 aromatic heterocycles. The molecule has 1 amide bonds. The van der Waals surface area contributed by atoms with Crippen LogP contribution in [0.25, 0.3) is 0 Å². The molecule has 1 N–H and O–H groups in total. The quantitative estimate of drug-likeness (QED) is 0.677. The fourth-order valence-electron chi connectivity index (χ4n) is 2.95. The maximum atomic E-state index is 12.3. The van der Waals surface area contributed by atoms with Crippen molar-refractivity contribution in [1.29, 1.82) is 0 Å². The minimum atomic E-state index is -0.0917. The van der Waals surface area contributed by atoms with Gasteiger partial charge in [0.1, 0.15) is 0 Å². The zero-order valence-corrected chi connectivity index (χ0v) is 13.5. The van der Waals surface area contributed by atoms with E-state index in [1.165, 1.54) is 17.5 Å². The second-order valence-corrected chi connectivity index (χ2v) is 6.01. The van der Waals surface area contributed by atoms with E-state index in [9.17, 15) is 4.79 Å². The van der Waals surface area contributed by atoms with Crippen LogP contribution in [0.15, 0.2) is 60.9 Å². The van der Waals surface area contributed by atoms with Crippen LogP contribution >= 0.6 is 0 Å². The van der Waals surface area contributed by atoms with Gasteiger partial charge in [0.15, 0.2) is 12.4 Å². The minimum Gasteiger partial charge on any atom is -0.264 e. The predicted octanol–water partition coefficient (Wildman–Crippen LogP) is 3.74. The van der Waals surface area contributed by atoms with Gasteiger partial charge in [-0.3, -0.25) is 4.79 Å². The molecule has 0 saturated heterocycles. The lowest BCUT2D eigenvalue weighted by molar-refractivity contribution is -0.641. The first-order valence-corrected chi connectivity index (χ1v) is 8.33. The Kier molecular flexibility index (Phi) is 4.86. The van der Waals surface area contributed by atoms with Crippen LogP contribution in [0.2, 0.25) is 0 Å². The number of aryl methyl sites for hydroxylation is 1. The molecule has 0 bridgehead atoms. The summed E-state index contributed by atoms with van der Waals surface area (Å²) in [7, 11) is 0. The summed E-state index contributed by atoms with van der Waals surface area (Å²) in [6.45, 7) is 2.11. The third-order valence-corrected chi connectivity index (χ3v) is 4.45. The number of benzene rings is 1. The number of nitrogens with zero attached hydrogens (tertiary/aromatic N) is 1. The van der Waals surface area contributed by atoms with Crippen LogP contribution in [0.3, 0.4) is 0 Å². The normalized spacial score (nSPS) is 17.0. The standard InChI is InChI=1S/C20H22N2O/c1-2-16-8-10-19(11-9-16)20(23)21-22-14-12-18(13-15-22)17-6-4-3-5-7-17/h3-4,8-15,17H,2,5-7H2,1H3/p+1. The highest BCUT2D eigenvalue weighted by atomic mass is 16.2. The first-order chi connectivity index (χ1) is 11.3. The van der Waals surface area contributed by atoms with E-state index in [0.717, 1.165) is 19.3 Å². The van der Waals surface area contributed by atoms with E-state index in [2.05, 4.69) is 36.6 Å². The summed E-state index contributed by atoms with van der Waals surface area (Å²) >= 11 is 0. The van der Waals surface area contributed by atoms with Crippen LogP contribution in [0.4, 0.5) is 0 Å². The van der Waals surface area contributed by atoms with Crippen LogP contribution in [0, 0.1) is 0 Å². The Balaban J connectivity index is 1.65. The van der Waals surface area contributed by atoms with Gasteiger partial charge in [-0.05, 0) is 54.9 Å². The maximum Gasteiger partial charge on any atom is 0.305 e. The average Bonchev–Trinajstić information content (AvgIpc) is 2.63. The predicted molar refractivity (Wildman–Crippen MR) is 91.9 cm³/mol. The van der Waals surface area contributed by atoms with Crippen LogP contribution < -0.4 is 10.1 Å². The van der Waals surface area contributed by atoms with Crippen LogP contribution in [-0.2, 0) is 6.42 Å². The van der Waals surface area contributed by atoms with Gasteiger partial charge in [-0.1, -0.05) is 35.9 Å². The number of carbonyl (C=O) groups is 1. The molecule has 2 aromatic rings. The Labute approximate surface area is 137 Å². The van der Waals surface area contributed by atoms with Gasteiger partial charge in [0.25, 0.3) is 0 Å². The summed E-state index contributed by atoms with van der Waals surface area (Å²) in [5.41, 5.74) is 6.14. The van der Waals surface area contributed by atoms with Gasteiger partial charge in [-0.15, -0.1) is 5.43 Å². The zero-order chi connectivity index (χ0) is 16.1. The third kappa shape index (κ3) is 3.86. The largest absolute Gasteiger partial charge is 0.305 e. The van der Waals surface area contributed by atoms with Gasteiger partial charge in [-0.25, -0.2) is 0 Å². The molecule has 0 saturated carbocycles. The molecule has 23 heavy (non-hydrogen) atoms. The molecule has 1 atom stereocenters. The summed E-state index contributed by atoms with van der Waals surface area (Å²) in [5.74, 6) is 0.512. The highest BCUT2D eigenvalue weighted by Crippen LogP contribution is 2.27. The third-order valence-electron chi connectivity index (χ3n) is 4.45. The van der Waals surface area contributed by atoms with Crippen molar-refractivity contribution in [2.75, 3.05) is 5.43 Å². The van der Waals surface area contributed by atoms with Gasteiger partial charge in [0.2, 0.25) is 0 Å². The SMILES string of the molecule is CCc1ccc(C(=O)N[n+]2ccc(C3CC=CCC3)cc2)cc1. The van der Waals surface area contributed by atoms with Crippen LogP contribution in [0.1, 0.15) is 53.6 Å². The monoisotopic (exact) mass is 307 g/mol. The van der Waals surface area contributed by atoms with Crippen molar-refractivity contribution in [2.24, 2.45) is 0 Å². The van der Waals surface area contributed by atoms with Crippen LogP contribution in [0.5, 0.6) is 0 Å². The molecule has 0 spiro atoms. The summed E-state index contributed by atoms with van der Waals surface area (Å²) in [5, 5.41) is 0. The Morgan fingerprint density at radius 2 is 1.87 bits per heavy atom. The molecular formula is C20H23N2O+. The van der Waals surface area contributed by atoms with Crippen molar-refractivity contribution in [3.63, 3.8) is 0 Å². The molecule has 0 aliphatic heterocycles. The fraction of sp³-hybridized carbons (Fsp3) is 0.300. The van der Waals surface area contributed by atoms with Crippen molar-refractivity contribution in [3.8, 4) is 0 Å².